The lowest BCUT2D eigenvalue weighted by atomic mass is 10.0. The smallest absolute Gasteiger partial charge is 0.151 e. The van der Waals surface area contributed by atoms with Gasteiger partial charge >= 0.3 is 0 Å². The van der Waals surface area contributed by atoms with Crippen molar-refractivity contribution in [2.24, 2.45) is 5.11 Å². The van der Waals surface area contributed by atoms with Crippen LogP contribution in [0, 0.1) is 0 Å². The first-order valence-electron chi connectivity index (χ1n) is 7.39. The first-order valence-corrected chi connectivity index (χ1v) is 7.39. The molecule has 23 heavy (non-hydrogen) atoms. The quantitative estimate of drug-likeness (QED) is 0.489. The first-order chi connectivity index (χ1) is 11.2. The number of ether oxygens (including phenoxy) is 2. The van der Waals surface area contributed by atoms with Crippen molar-refractivity contribution >= 4 is 5.69 Å². The van der Waals surface area contributed by atoms with Gasteiger partial charge < -0.3 is 14.4 Å². The van der Waals surface area contributed by atoms with Gasteiger partial charge in [-0.2, -0.15) is 0 Å². The fourth-order valence-electron chi connectivity index (χ4n) is 2.86. The van der Waals surface area contributed by atoms with Crippen molar-refractivity contribution < 1.29 is 9.47 Å². The number of anilines is 1. The number of para-hydroxylation sites is 2. The van der Waals surface area contributed by atoms with Crippen molar-refractivity contribution in [3.63, 3.8) is 0 Å². The Balaban J connectivity index is 2.07. The number of methoxy groups -OCH3 is 1. The molecule has 0 fully saturated rings. The molecule has 0 spiro atoms. The minimum Gasteiger partial charge on any atom is -0.496 e. The van der Waals surface area contributed by atoms with Crippen LogP contribution in [0.4, 0.5) is 5.69 Å². The lowest BCUT2D eigenvalue weighted by Crippen LogP contribution is -2.39. The molecule has 0 saturated heterocycles. The van der Waals surface area contributed by atoms with Crippen LogP contribution in [0.15, 0.2) is 47.6 Å². The van der Waals surface area contributed by atoms with Crippen LogP contribution in [0.3, 0.4) is 0 Å². The third-order valence-corrected chi connectivity index (χ3v) is 3.91. The third-order valence-electron chi connectivity index (χ3n) is 3.91. The third kappa shape index (κ3) is 2.89. The highest BCUT2D eigenvalue weighted by molar-refractivity contribution is 5.82. The van der Waals surface area contributed by atoms with Gasteiger partial charge in [0.05, 0.1) is 25.9 Å². The summed E-state index contributed by atoms with van der Waals surface area (Å²) in [6.07, 6.45) is -0.167. The molecular formula is C17H18N4O2. The molecule has 1 aliphatic heterocycles. The van der Waals surface area contributed by atoms with E-state index in [2.05, 4.69) is 14.9 Å². The Kier molecular flexibility index (Phi) is 4.26. The van der Waals surface area contributed by atoms with Crippen LogP contribution in [0.1, 0.15) is 0 Å². The number of rotatable bonds is 4. The summed E-state index contributed by atoms with van der Waals surface area (Å²) in [6, 6.07) is 13.9. The summed E-state index contributed by atoms with van der Waals surface area (Å²) in [6.45, 7) is 0.988. The summed E-state index contributed by atoms with van der Waals surface area (Å²) in [7, 11) is 3.67. The van der Waals surface area contributed by atoms with E-state index in [1.165, 1.54) is 0 Å². The highest BCUT2D eigenvalue weighted by Gasteiger charge is 2.26. The Morgan fingerprint density at radius 3 is 2.83 bits per heavy atom. The molecule has 0 N–H and O–H groups in total. The number of hydrogen-bond acceptors (Lipinski definition) is 4. The van der Waals surface area contributed by atoms with E-state index in [4.69, 9.17) is 15.0 Å². The lowest BCUT2D eigenvalue weighted by molar-refractivity contribution is 0.204. The van der Waals surface area contributed by atoms with Crippen LogP contribution in [0.5, 0.6) is 11.5 Å². The monoisotopic (exact) mass is 310 g/mol. The number of fused-ring (bicyclic) bond motifs is 1. The maximum atomic E-state index is 8.53. The molecule has 0 aromatic heterocycles. The van der Waals surface area contributed by atoms with Crippen molar-refractivity contribution in [3.05, 3.63) is 52.9 Å². The van der Waals surface area contributed by atoms with E-state index in [-0.39, 0.29) is 6.10 Å². The van der Waals surface area contributed by atoms with Gasteiger partial charge in [-0.25, -0.2) is 0 Å². The molecule has 0 radical (unpaired) electrons. The largest absolute Gasteiger partial charge is 0.496 e. The zero-order valence-corrected chi connectivity index (χ0v) is 13.1. The van der Waals surface area contributed by atoms with Crippen LogP contribution in [-0.2, 0) is 0 Å². The molecule has 0 saturated carbocycles. The van der Waals surface area contributed by atoms with Crippen molar-refractivity contribution in [1.29, 1.82) is 0 Å². The predicted molar refractivity (Wildman–Crippen MR) is 90.1 cm³/mol. The van der Waals surface area contributed by atoms with Gasteiger partial charge in [0.25, 0.3) is 0 Å². The fraction of sp³-hybridized carbons (Fsp3) is 0.294. The van der Waals surface area contributed by atoms with Gasteiger partial charge in [0, 0.05) is 23.1 Å². The average Bonchev–Trinajstić information content (AvgIpc) is 2.59. The number of hydrogen-bond donors (Lipinski definition) is 0. The molecule has 0 bridgehead atoms. The summed E-state index contributed by atoms with van der Waals surface area (Å²) >= 11 is 0. The topological polar surface area (TPSA) is 70.5 Å². The van der Waals surface area contributed by atoms with E-state index in [1.807, 2.05) is 49.5 Å². The zero-order chi connectivity index (χ0) is 16.2. The highest BCUT2D eigenvalue weighted by Crippen LogP contribution is 2.43. The average molecular weight is 310 g/mol. The summed E-state index contributed by atoms with van der Waals surface area (Å²) in [5, 5.41) is 3.64. The van der Waals surface area contributed by atoms with Gasteiger partial charge in [0.2, 0.25) is 0 Å². The fourth-order valence-corrected chi connectivity index (χ4v) is 2.86. The van der Waals surface area contributed by atoms with E-state index < -0.39 is 0 Å². The molecule has 0 amide bonds. The molecule has 118 valence electrons. The summed E-state index contributed by atoms with van der Waals surface area (Å²) in [4.78, 5) is 4.95. The van der Waals surface area contributed by atoms with Crippen molar-refractivity contribution in [2.45, 2.75) is 6.10 Å². The Morgan fingerprint density at radius 2 is 2.04 bits per heavy atom. The second-order valence-electron chi connectivity index (χ2n) is 5.39. The van der Waals surface area contributed by atoms with Gasteiger partial charge in [-0.3, -0.25) is 0 Å². The van der Waals surface area contributed by atoms with E-state index in [0.717, 1.165) is 28.3 Å². The Hall–Kier alpha value is -2.85. The minimum atomic E-state index is -0.167. The van der Waals surface area contributed by atoms with Crippen LogP contribution in [0.2, 0.25) is 0 Å². The number of likely N-dealkylation sites (N-methyl/N-ethyl adjacent to an activating group) is 1. The highest BCUT2D eigenvalue weighted by atomic mass is 16.5. The van der Waals surface area contributed by atoms with E-state index >= 15 is 0 Å². The van der Waals surface area contributed by atoms with Gasteiger partial charge in [-0.05, 0) is 17.7 Å². The van der Waals surface area contributed by atoms with Gasteiger partial charge in [0.1, 0.15) is 11.9 Å². The minimum absolute atomic E-state index is 0.167. The number of azide groups is 1. The number of nitrogens with zero attached hydrogens (tertiary/aromatic N) is 4. The Bertz CT molecular complexity index is 756. The molecule has 3 rings (SSSR count). The SMILES string of the molecule is COc1ccccc1-c1cccc2c1OC(CN=[N+]=[N-])CN2C. The maximum Gasteiger partial charge on any atom is 0.151 e. The molecule has 1 heterocycles. The van der Waals surface area contributed by atoms with Gasteiger partial charge in [-0.1, -0.05) is 35.4 Å². The molecule has 6 nitrogen and oxygen atoms in total. The molecule has 1 unspecified atom stereocenters. The maximum absolute atomic E-state index is 8.53. The number of benzene rings is 2. The molecule has 2 aromatic carbocycles. The normalized spacial score (nSPS) is 16.1. The summed E-state index contributed by atoms with van der Waals surface area (Å²) < 4.78 is 11.6. The van der Waals surface area contributed by atoms with Crippen molar-refractivity contribution in [2.75, 3.05) is 32.1 Å². The zero-order valence-electron chi connectivity index (χ0n) is 13.1. The predicted octanol–water partition coefficient (Wildman–Crippen LogP) is 3.87. The van der Waals surface area contributed by atoms with Crippen LogP contribution < -0.4 is 14.4 Å². The molecule has 6 heteroatoms. The van der Waals surface area contributed by atoms with E-state index in [0.29, 0.717) is 13.1 Å². The Labute approximate surface area is 134 Å². The van der Waals surface area contributed by atoms with Crippen LogP contribution in [-0.4, -0.2) is 33.4 Å². The molecule has 2 aromatic rings. The van der Waals surface area contributed by atoms with E-state index in [1.54, 1.807) is 7.11 Å². The standard InChI is InChI=1S/C17H18N4O2/c1-21-11-12(10-19-20-18)23-17-14(7-5-8-15(17)21)13-6-3-4-9-16(13)22-2/h3-9,12H,10-11H2,1-2H3. The lowest BCUT2D eigenvalue weighted by Gasteiger charge is -2.34. The van der Waals surface area contributed by atoms with Gasteiger partial charge in [-0.15, -0.1) is 0 Å². The van der Waals surface area contributed by atoms with E-state index in [9.17, 15) is 0 Å². The second-order valence-corrected chi connectivity index (χ2v) is 5.39. The molecule has 0 aliphatic carbocycles. The molecule has 1 aliphatic rings. The Morgan fingerprint density at radius 1 is 1.26 bits per heavy atom. The molecule has 1 atom stereocenters. The molecular weight excluding hydrogens is 292 g/mol. The summed E-state index contributed by atoms with van der Waals surface area (Å²) in [5.41, 5.74) is 11.5. The van der Waals surface area contributed by atoms with Gasteiger partial charge in [0.15, 0.2) is 5.75 Å². The first kappa shape index (κ1) is 15.1. The second kappa shape index (κ2) is 6.50. The summed E-state index contributed by atoms with van der Waals surface area (Å²) in [5.74, 6) is 1.59. The van der Waals surface area contributed by atoms with Crippen LogP contribution in [0.25, 0.3) is 21.6 Å². The van der Waals surface area contributed by atoms with Crippen LogP contribution >= 0.6 is 0 Å². The van der Waals surface area contributed by atoms with Crippen molar-refractivity contribution in [3.8, 4) is 22.6 Å². The van der Waals surface area contributed by atoms with Crippen molar-refractivity contribution in [1.82, 2.24) is 0 Å².